The van der Waals surface area contributed by atoms with Gasteiger partial charge in [-0.05, 0) is 36.4 Å². The van der Waals surface area contributed by atoms with E-state index in [0.29, 0.717) is 33.2 Å². The van der Waals surface area contributed by atoms with Gasteiger partial charge >= 0.3 is 6.03 Å². The molecule has 6 nitrogen and oxygen atoms in total. The van der Waals surface area contributed by atoms with Gasteiger partial charge in [-0.15, -0.1) is 0 Å². The first-order valence-electron chi connectivity index (χ1n) is 8.32. The summed E-state index contributed by atoms with van der Waals surface area (Å²) in [7, 11) is 1.62. The van der Waals surface area contributed by atoms with Crippen molar-refractivity contribution >= 4 is 52.4 Å². The van der Waals surface area contributed by atoms with E-state index in [1.165, 1.54) is 21.9 Å². The number of para-hydroxylation sites is 1. The van der Waals surface area contributed by atoms with E-state index < -0.39 is 0 Å². The van der Waals surface area contributed by atoms with Crippen molar-refractivity contribution in [1.29, 1.82) is 0 Å². The summed E-state index contributed by atoms with van der Waals surface area (Å²) >= 11 is 12.5. The van der Waals surface area contributed by atoms with Crippen molar-refractivity contribution in [3.63, 3.8) is 0 Å². The Hall–Kier alpha value is -2.90. The van der Waals surface area contributed by atoms with Gasteiger partial charge in [0.25, 0.3) is 0 Å². The summed E-state index contributed by atoms with van der Waals surface area (Å²) in [6.07, 6.45) is 1.63. The molecule has 1 aromatic heterocycles. The number of benzene rings is 2. The Labute approximate surface area is 170 Å². The second kappa shape index (κ2) is 7.26. The molecule has 0 unspecified atom stereocenters. The normalized spacial score (nSPS) is 13.5. The molecule has 1 aliphatic rings. The van der Waals surface area contributed by atoms with Gasteiger partial charge in [-0.3, -0.25) is 9.80 Å². The number of carbonyl (C=O) groups excluding carboxylic acids is 1. The molecule has 142 valence electrons. The number of carbonyl (C=O) groups is 1. The topological polar surface area (TPSA) is 61.4 Å². The molecule has 2 amide bonds. The van der Waals surface area contributed by atoms with Gasteiger partial charge in [0.15, 0.2) is 0 Å². The van der Waals surface area contributed by atoms with Crippen LogP contribution >= 0.6 is 23.2 Å². The van der Waals surface area contributed by atoms with E-state index in [4.69, 9.17) is 23.2 Å². The highest BCUT2D eigenvalue weighted by atomic mass is 35.5. The summed E-state index contributed by atoms with van der Waals surface area (Å²) in [6.45, 7) is 0.235. The molecule has 0 atom stereocenters. The molecule has 0 saturated heterocycles. The Balaban J connectivity index is 1.66. The maximum absolute atomic E-state index is 13.1. The molecule has 4 rings (SSSR count). The SMILES string of the molecule is CN1C(=O)N(c2c(Cl)cccc2Cl)Cc2cnc(Nc3ccc(F)cc3)nc21. The van der Waals surface area contributed by atoms with Gasteiger partial charge in [0.1, 0.15) is 11.6 Å². The second-order valence-corrected chi connectivity index (χ2v) is 6.99. The molecule has 9 heteroatoms. The zero-order valence-corrected chi connectivity index (χ0v) is 16.2. The summed E-state index contributed by atoms with van der Waals surface area (Å²) in [4.78, 5) is 24.5. The molecular weight excluding hydrogens is 404 g/mol. The molecule has 0 saturated carbocycles. The van der Waals surface area contributed by atoms with E-state index in [1.54, 1.807) is 43.6 Å². The summed E-state index contributed by atoms with van der Waals surface area (Å²) in [5.74, 6) is 0.443. The number of halogens is 3. The highest BCUT2D eigenvalue weighted by Crippen LogP contribution is 2.38. The van der Waals surface area contributed by atoms with E-state index in [-0.39, 0.29) is 18.4 Å². The minimum atomic E-state index is -0.333. The second-order valence-electron chi connectivity index (χ2n) is 6.17. The van der Waals surface area contributed by atoms with Crippen molar-refractivity contribution in [2.45, 2.75) is 6.54 Å². The number of anilines is 4. The molecule has 0 aliphatic carbocycles. The molecule has 1 N–H and O–H groups in total. The first-order chi connectivity index (χ1) is 13.4. The van der Waals surface area contributed by atoms with Gasteiger partial charge in [-0.2, -0.15) is 4.98 Å². The molecule has 0 spiro atoms. The molecule has 0 bridgehead atoms. The van der Waals surface area contributed by atoms with Crippen molar-refractivity contribution in [1.82, 2.24) is 9.97 Å². The number of amides is 2. The number of nitrogens with one attached hydrogen (secondary N) is 1. The largest absolute Gasteiger partial charge is 0.330 e. The number of rotatable bonds is 3. The van der Waals surface area contributed by atoms with E-state index in [9.17, 15) is 9.18 Å². The van der Waals surface area contributed by atoms with Crippen molar-refractivity contribution in [2.24, 2.45) is 0 Å². The van der Waals surface area contributed by atoms with Crippen LogP contribution in [0.5, 0.6) is 0 Å². The fourth-order valence-electron chi connectivity index (χ4n) is 2.95. The van der Waals surface area contributed by atoms with Crippen molar-refractivity contribution in [3.05, 3.63) is 70.1 Å². The smallest absolute Gasteiger partial charge is 0.324 e. The summed E-state index contributed by atoms with van der Waals surface area (Å²) < 4.78 is 13.1. The fraction of sp³-hybridized carbons (Fsp3) is 0.105. The molecule has 0 fully saturated rings. The number of hydrogen-bond donors (Lipinski definition) is 1. The van der Waals surface area contributed by atoms with Crippen LogP contribution in [-0.2, 0) is 6.54 Å². The summed E-state index contributed by atoms with van der Waals surface area (Å²) in [5.41, 5.74) is 1.82. The molecule has 1 aliphatic heterocycles. The van der Waals surface area contributed by atoms with Crippen molar-refractivity contribution in [2.75, 3.05) is 22.2 Å². The average molecular weight is 418 g/mol. The third-order valence-electron chi connectivity index (χ3n) is 4.31. The van der Waals surface area contributed by atoms with Gasteiger partial charge < -0.3 is 5.32 Å². The van der Waals surface area contributed by atoms with E-state index in [1.807, 2.05) is 0 Å². The highest BCUT2D eigenvalue weighted by molar-refractivity contribution is 6.40. The zero-order chi connectivity index (χ0) is 19.8. The van der Waals surface area contributed by atoms with Gasteiger partial charge in [-0.25, -0.2) is 14.2 Å². The number of hydrogen-bond acceptors (Lipinski definition) is 4. The highest BCUT2D eigenvalue weighted by Gasteiger charge is 2.32. The Kier molecular flexibility index (Phi) is 4.78. The lowest BCUT2D eigenvalue weighted by Crippen LogP contribution is -2.46. The van der Waals surface area contributed by atoms with Gasteiger partial charge in [-0.1, -0.05) is 29.3 Å². The maximum Gasteiger partial charge on any atom is 0.330 e. The Morgan fingerprint density at radius 1 is 1.11 bits per heavy atom. The minimum Gasteiger partial charge on any atom is -0.324 e. The van der Waals surface area contributed by atoms with Crippen molar-refractivity contribution < 1.29 is 9.18 Å². The predicted molar refractivity (Wildman–Crippen MR) is 108 cm³/mol. The molecular formula is C19H14Cl2FN5O. The monoisotopic (exact) mass is 417 g/mol. The van der Waals surface area contributed by atoms with Crippen LogP contribution in [0.15, 0.2) is 48.7 Å². The van der Waals surface area contributed by atoms with Crippen LogP contribution in [0.1, 0.15) is 5.56 Å². The van der Waals surface area contributed by atoms with Gasteiger partial charge in [0.2, 0.25) is 5.95 Å². The molecule has 0 radical (unpaired) electrons. The lowest BCUT2D eigenvalue weighted by Gasteiger charge is -2.34. The van der Waals surface area contributed by atoms with E-state index >= 15 is 0 Å². The van der Waals surface area contributed by atoms with Crippen LogP contribution in [-0.4, -0.2) is 23.0 Å². The van der Waals surface area contributed by atoms with Gasteiger partial charge in [0.05, 0.1) is 22.3 Å². The van der Waals surface area contributed by atoms with E-state index in [2.05, 4.69) is 15.3 Å². The maximum atomic E-state index is 13.1. The van der Waals surface area contributed by atoms with Crippen LogP contribution in [0.3, 0.4) is 0 Å². The van der Waals surface area contributed by atoms with Crippen LogP contribution in [0.2, 0.25) is 10.0 Å². The standard InChI is InChI=1S/C19H14Cl2FN5O/c1-26-17-11(9-23-18(25-17)24-13-7-5-12(22)6-8-13)10-27(19(26)28)16-14(20)3-2-4-15(16)21/h2-9H,10H2,1H3,(H,23,24,25). The number of fused-ring (bicyclic) bond motifs is 1. The molecule has 2 heterocycles. The number of aromatic nitrogens is 2. The number of urea groups is 1. The van der Waals surface area contributed by atoms with Crippen LogP contribution in [0.25, 0.3) is 0 Å². The Morgan fingerprint density at radius 3 is 2.46 bits per heavy atom. The third-order valence-corrected chi connectivity index (χ3v) is 4.92. The third kappa shape index (κ3) is 3.34. The molecule has 28 heavy (non-hydrogen) atoms. The van der Waals surface area contributed by atoms with Gasteiger partial charge in [0, 0.05) is 24.5 Å². The minimum absolute atomic E-state index is 0.235. The quantitative estimate of drug-likeness (QED) is 0.632. The average Bonchev–Trinajstić information content (AvgIpc) is 2.68. The van der Waals surface area contributed by atoms with Crippen LogP contribution in [0, 0.1) is 5.82 Å². The summed E-state index contributed by atoms with van der Waals surface area (Å²) in [5, 5.41) is 3.76. The van der Waals surface area contributed by atoms with Crippen LogP contribution < -0.4 is 15.1 Å². The lowest BCUT2D eigenvalue weighted by atomic mass is 10.2. The number of nitrogens with zero attached hydrogens (tertiary/aromatic N) is 4. The predicted octanol–water partition coefficient (Wildman–Crippen LogP) is 5.24. The lowest BCUT2D eigenvalue weighted by molar-refractivity contribution is 0.251. The van der Waals surface area contributed by atoms with Crippen LogP contribution in [0.4, 0.5) is 32.3 Å². The first-order valence-corrected chi connectivity index (χ1v) is 9.07. The van der Waals surface area contributed by atoms with Crippen molar-refractivity contribution in [3.8, 4) is 0 Å². The Bertz CT molecular complexity index is 1040. The zero-order valence-electron chi connectivity index (χ0n) is 14.7. The first kappa shape index (κ1) is 18.5. The molecule has 2 aromatic carbocycles. The molecule has 3 aromatic rings. The Morgan fingerprint density at radius 2 is 1.79 bits per heavy atom. The van der Waals surface area contributed by atoms with E-state index in [0.717, 1.165) is 5.56 Å². The summed E-state index contributed by atoms with van der Waals surface area (Å²) in [6, 6.07) is 10.6. The fourth-order valence-corrected chi connectivity index (χ4v) is 3.55.